The molecular weight excluding hydrogens is 270 g/mol. The van der Waals surface area contributed by atoms with Crippen LogP contribution in [0.5, 0.6) is 0 Å². The summed E-state index contributed by atoms with van der Waals surface area (Å²) in [5.74, 6) is 0. The van der Waals surface area contributed by atoms with Crippen molar-refractivity contribution in [2.45, 2.75) is 51.0 Å². The summed E-state index contributed by atoms with van der Waals surface area (Å²) in [6, 6.07) is 5.03. The van der Waals surface area contributed by atoms with Crippen LogP contribution in [-0.4, -0.2) is 47.0 Å². The second-order valence-electron chi connectivity index (χ2n) is 6.74. The topological polar surface area (TPSA) is 19.4 Å². The first-order valence-electron chi connectivity index (χ1n) is 8.88. The second-order valence-corrected chi connectivity index (χ2v) is 6.74. The average Bonchev–Trinajstić information content (AvgIpc) is 2.61. The molecule has 1 saturated heterocycles. The summed E-state index contributed by atoms with van der Waals surface area (Å²) in [6.07, 6.45) is 13.1. The Hall–Kier alpha value is -1.35. The highest BCUT2D eigenvalue weighted by Crippen LogP contribution is 2.24. The van der Waals surface area contributed by atoms with Crippen LogP contribution in [0, 0.1) is 0 Å². The van der Waals surface area contributed by atoms with E-state index in [0.29, 0.717) is 0 Å². The molecule has 2 heterocycles. The lowest BCUT2D eigenvalue weighted by atomic mass is 9.94. The van der Waals surface area contributed by atoms with E-state index in [2.05, 4.69) is 27.4 Å². The molecule has 120 valence electrons. The Morgan fingerprint density at radius 3 is 2.59 bits per heavy atom. The largest absolute Gasteiger partial charge is 0.373 e. The van der Waals surface area contributed by atoms with E-state index >= 15 is 0 Å². The number of nitrogens with zero attached hydrogens (tertiary/aromatic N) is 3. The molecule has 3 nitrogen and oxygen atoms in total. The Morgan fingerprint density at radius 2 is 1.91 bits per heavy atom. The molecular formula is C19H29N3. The van der Waals surface area contributed by atoms with Gasteiger partial charge in [0.05, 0.1) is 0 Å². The predicted molar refractivity (Wildman–Crippen MR) is 91.7 cm³/mol. The summed E-state index contributed by atoms with van der Waals surface area (Å²) in [5, 5.41) is 0. The smallest absolute Gasteiger partial charge is 0.0303 e. The zero-order chi connectivity index (χ0) is 15.2. The monoisotopic (exact) mass is 299 g/mol. The fraction of sp³-hybridized carbons (Fsp3) is 0.632. The van der Waals surface area contributed by atoms with Crippen LogP contribution in [0.15, 0.2) is 36.8 Å². The molecule has 2 aliphatic rings. The van der Waals surface area contributed by atoms with Gasteiger partial charge >= 0.3 is 0 Å². The van der Waals surface area contributed by atoms with E-state index in [1.54, 1.807) is 0 Å². The molecule has 0 atom stereocenters. The van der Waals surface area contributed by atoms with Gasteiger partial charge in [-0.05, 0) is 37.3 Å². The van der Waals surface area contributed by atoms with Crippen LogP contribution in [0.25, 0.3) is 0 Å². The lowest BCUT2D eigenvalue weighted by molar-refractivity contribution is 0.0929. The van der Waals surface area contributed by atoms with Gasteiger partial charge in [0.2, 0.25) is 0 Å². The van der Waals surface area contributed by atoms with Gasteiger partial charge in [-0.1, -0.05) is 31.9 Å². The molecule has 0 radical (unpaired) electrons. The number of rotatable bonds is 5. The van der Waals surface area contributed by atoms with Gasteiger partial charge in [-0.25, -0.2) is 0 Å². The van der Waals surface area contributed by atoms with Crippen molar-refractivity contribution < 1.29 is 0 Å². The summed E-state index contributed by atoms with van der Waals surface area (Å²) in [4.78, 5) is 9.41. The molecule has 1 saturated carbocycles. The van der Waals surface area contributed by atoms with E-state index < -0.39 is 0 Å². The van der Waals surface area contributed by atoms with Gasteiger partial charge < -0.3 is 4.90 Å². The zero-order valence-corrected chi connectivity index (χ0v) is 13.7. The van der Waals surface area contributed by atoms with Crippen LogP contribution in [-0.2, 0) is 6.42 Å². The highest BCUT2D eigenvalue weighted by molar-refractivity contribution is 5.11. The standard InChI is InChI=1S/C19H29N3/c1-17(9-10-18-6-5-11-20-16-18)21-12-14-22(15-13-21)19-7-3-2-4-8-19/h5-6,11,16,19H,1-4,7-10,12-15H2. The van der Waals surface area contributed by atoms with Crippen LogP contribution in [0.1, 0.15) is 44.1 Å². The predicted octanol–water partition coefficient (Wildman–Crippen LogP) is 3.48. The summed E-state index contributed by atoms with van der Waals surface area (Å²) in [6.45, 7) is 9.07. The molecule has 0 N–H and O–H groups in total. The van der Waals surface area contributed by atoms with Crippen molar-refractivity contribution in [2.75, 3.05) is 26.2 Å². The molecule has 1 aliphatic heterocycles. The number of allylic oxidation sites excluding steroid dienone is 1. The van der Waals surface area contributed by atoms with Crippen LogP contribution in [0.2, 0.25) is 0 Å². The van der Waals surface area contributed by atoms with E-state index in [1.807, 2.05) is 18.5 Å². The zero-order valence-electron chi connectivity index (χ0n) is 13.7. The minimum Gasteiger partial charge on any atom is -0.373 e. The molecule has 0 spiro atoms. The van der Waals surface area contributed by atoms with E-state index in [-0.39, 0.29) is 0 Å². The maximum absolute atomic E-state index is 4.32. The molecule has 0 bridgehead atoms. The van der Waals surface area contributed by atoms with Crippen molar-refractivity contribution in [2.24, 2.45) is 0 Å². The molecule has 3 rings (SSSR count). The second kappa shape index (κ2) is 7.77. The summed E-state index contributed by atoms with van der Waals surface area (Å²) >= 11 is 0. The molecule has 2 fully saturated rings. The number of pyridine rings is 1. The van der Waals surface area contributed by atoms with Crippen LogP contribution < -0.4 is 0 Å². The Kier molecular flexibility index (Phi) is 5.49. The summed E-state index contributed by atoms with van der Waals surface area (Å²) < 4.78 is 0. The minimum atomic E-state index is 0.861. The van der Waals surface area contributed by atoms with Gasteiger partial charge in [0.1, 0.15) is 0 Å². The van der Waals surface area contributed by atoms with E-state index in [1.165, 1.54) is 56.5 Å². The number of aromatic nitrogens is 1. The Morgan fingerprint density at radius 1 is 1.14 bits per heavy atom. The third kappa shape index (κ3) is 4.10. The van der Waals surface area contributed by atoms with Gasteiger partial charge in [-0.15, -0.1) is 0 Å². The quantitative estimate of drug-likeness (QED) is 0.830. The van der Waals surface area contributed by atoms with Crippen molar-refractivity contribution in [1.82, 2.24) is 14.8 Å². The van der Waals surface area contributed by atoms with Gasteiger partial charge in [0.25, 0.3) is 0 Å². The third-order valence-corrected chi connectivity index (χ3v) is 5.28. The first-order valence-corrected chi connectivity index (χ1v) is 8.88. The van der Waals surface area contributed by atoms with Crippen LogP contribution in [0.3, 0.4) is 0 Å². The van der Waals surface area contributed by atoms with Crippen molar-refractivity contribution in [3.63, 3.8) is 0 Å². The summed E-state index contributed by atoms with van der Waals surface area (Å²) in [5.41, 5.74) is 2.61. The van der Waals surface area contributed by atoms with E-state index in [9.17, 15) is 0 Å². The van der Waals surface area contributed by atoms with Crippen molar-refractivity contribution in [3.8, 4) is 0 Å². The fourth-order valence-electron chi connectivity index (χ4n) is 3.84. The first-order chi connectivity index (χ1) is 10.8. The molecule has 1 aliphatic carbocycles. The lowest BCUT2D eigenvalue weighted by Crippen LogP contribution is -2.50. The molecule has 22 heavy (non-hydrogen) atoms. The van der Waals surface area contributed by atoms with Crippen LogP contribution in [0.4, 0.5) is 0 Å². The Bertz CT molecular complexity index is 457. The van der Waals surface area contributed by atoms with Gasteiger partial charge in [-0.3, -0.25) is 9.88 Å². The summed E-state index contributed by atoms with van der Waals surface area (Å²) in [7, 11) is 0. The third-order valence-electron chi connectivity index (χ3n) is 5.28. The Balaban J connectivity index is 1.41. The van der Waals surface area contributed by atoms with Crippen molar-refractivity contribution >= 4 is 0 Å². The first kappa shape index (κ1) is 15.5. The molecule has 1 aromatic rings. The number of hydrogen-bond donors (Lipinski definition) is 0. The number of hydrogen-bond acceptors (Lipinski definition) is 3. The number of piperazine rings is 1. The molecule has 3 heteroatoms. The maximum Gasteiger partial charge on any atom is 0.0303 e. The van der Waals surface area contributed by atoms with Crippen molar-refractivity contribution in [3.05, 3.63) is 42.4 Å². The molecule has 1 aromatic heterocycles. The highest BCUT2D eigenvalue weighted by Gasteiger charge is 2.25. The lowest BCUT2D eigenvalue weighted by Gasteiger charge is -2.42. The molecule has 0 aromatic carbocycles. The Labute approximate surface area is 135 Å². The maximum atomic E-state index is 4.32. The molecule has 0 amide bonds. The van der Waals surface area contributed by atoms with Crippen molar-refractivity contribution in [1.29, 1.82) is 0 Å². The highest BCUT2D eigenvalue weighted by atomic mass is 15.3. The SMILES string of the molecule is C=C(CCc1cccnc1)N1CCN(C2CCCCC2)CC1. The van der Waals surface area contributed by atoms with Gasteiger partial charge in [0.15, 0.2) is 0 Å². The van der Waals surface area contributed by atoms with E-state index in [4.69, 9.17) is 0 Å². The fourth-order valence-corrected chi connectivity index (χ4v) is 3.84. The molecule has 0 unspecified atom stereocenters. The van der Waals surface area contributed by atoms with E-state index in [0.717, 1.165) is 32.0 Å². The van der Waals surface area contributed by atoms with Gasteiger partial charge in [-0.2, -0.15) is 0 Å². The number of aryl methyl sites for hydroxylation is 1. The van der Waals surface area contributed by atoms with Crippen LogP contribution >= 0.6 is 0 Å². The normalized spacial score (nSPS) is 21.0. The average molecular weight is 299 g/mol. The van der Waals surface area contributed by atoms with Gasteiger partial charge in [0, 0.05) is 50.3 Å². The minimum absolute atomic E-state index is 0.861.